The van der Waals surface area contributed by atoms with Crippen molar-refractivity contribution in [1.29, 1.82) is 0 Å². The fourth-order valence-corrected chi connectivity index (χ4v) is 2.50. The first-order chi connectivity index (χ1) is 8.21. The van der Waals surface area contributed by atoms with E-state index in [1.54, 1.807) is 0 Å². The molecule has 2 fully saturated rings. The Balaban J connectivity index is 2.01. The maximum absolute atomic E-state index is 11.7. The van der Waals surface area contributed by atoms with Crippen LogP contribution in [0, 0.1) is 0 Å². The normalized spacial score (nSPS) is 22.6. The van der Waals surface area contributed by atoms with Crippen LogP contribution in [0.3, 0.4) is 0 Å². The second kappa shape index (κ2) is 3.82. The molecule has 1 aromatic carbocycles. The highest BCUT2D eigenvalue weighted by molar-refractivity contribution is 5.93. The van der Waals surface area contributed by atoms with Crippen LogP contribution in [-0.4, -0.2) is 12.5 Å². The minimum absolute atomic E-state index is 0.0142. The van der Waals surface area contributed by atoms with E-state index >= 15 is 0 Å². The molecule has 2 N–H and O–H groups in total. The molecule has 90 valence electrons. The quantitative estimate of drug-likeness (QED) is 0.844. The molecule has 0 radical (unpaired) electrons. The van der Waals surface area contributed by atoms with Crippen molar-refractivity contribution in [3.63, 3.8) is 0 Å². The van der Waals surface area contributed by atoms with Gasteiger partial charge in [0, 0.05) is 5.54 Å². The number of carbonyl (C=O) groups excluding carboxylic acids is 1. The number of hydrogen-bond donors (Lipinski definition) is 1. The Morgan fingerprint density at radius 3 is 2.65 bits per heavy atom. The van der Waals surface area contributed by atoms with E-state index in [-0.39, 0.29) is 11.4 Å². The van der Waals surface area contributed by atoms with Crippen molar-refractivity contribution in [1.82, 2.24) is 0 Å². The molecule has 0 atom stereocenters. The fraction of sp³-hybridized carbons (Fsp3) is 0.462. The summed E-state index contributed by atoms with van der Waals surface area (Å²) in [4.78, 5) is 17.1. The lowest BCUT2D eigenvalue weighted by molar-refractivity contribution is -0.119. The molecule has 17 heavy (non-hydrogen) atoms. The van der Waals surface area contributed by atoms with Crippen LogP contribution in [0.5, 0.6) is 0 Å². The SMILES string of the molecule is NC1(c2ccccc2N2OCCC2=O)CCC1. The van der Waals surface area contributed by atoms with Crippen LogP contribution in [0.15, 0.2) is 24.3 Å². The van der Waals surface area contributed by atoms with Crippen LogP contribution >= 0.6 is 0 Å². The van der Waals surface area contributed by atoms with Crippen molar-refractivity contribution in [2.75, 3.05) is 11.7 Å². The molecule has 0 aromatic heterocycles. The predicted molar refractivity (Wildman–Crippen MR) is 64.2 cm³/mol. The molecule has 0 spiro atoms. The van der Waals surface area contributed by atoms with Gasteiger partial charge in [0.15, 0.2) is 0 Å². The third-order valence-electron chi connectivity index (χ3n) is 3.67. The first-order valence-corrected chi connectivity index (χ1v) is 6.05. The standard InChI is InChI=1S/C13H16N2O2/c14-13(7-3-8-13)10-4-1-2-5-11(10)15-12(16)6-9-17-15/h1-2,4-5H,3,6-9,14H2. The second-order valence-electron chi connectivity index (χ2n) is 4.80. The summed E-state index contributed by atoms with van der Waals surface area (Å²) in [6, 6.07) is 7.79. The van der Waals surface area contributed by atoms with Gasteiger partial charge in [-0.05, 0) is 30.9 Å². The molecule has 0 unspecified atom stereocenters. The van der Waals surface area contributed by atoms with E-state index in [1.165, 1.54) is 5.06 Å². The number of anilines is 1. The van der Waals surface area contributed by atoms with Crippen LogP contribution in [-0.2, 0) is 15.2 Å². The molecule has 4 nitrogen and oxygen atoms in total. The maximum Gasteiger partial charge on any atom is 0.253 e. The van der Waals surface area contributed by atoms with Crippen molar-refractivity contribution >= 4 is 11.6 Å². The molecule has 3 rings (SSSR count). The number of nitrogens with zero attached hydrogens (tertiary/aromatic N) is 1. The summed E-state index contributed by atoms with van der Waals surface area (Å²) >= 11 is 0. The van der Waals surface area contributed by atoms with E-state index in [1.807, 2.05) is 24.3 Å². The van der Waals surface area contributed by atoms with Gasteiger partial charge >= 0.3 is 0 Å². The highest BCUT2D eigenvalue weighted by atomic mass is 16.7. The topological polar surface area (TPSA) is 55.6 Å². The second-order valence-corrected chi connectivity index (χ2v) is 4.80. The monoisotopic (exact) mass is 232 g/mol. The summed E-state index contributed by atoms with van der Waals surface area (Å²) in [7, 11) is 0. The fourth-order valence-electron chi connectivity index (χ4n) is 2.50. The zero-order chi connectivity index (χ0) is 11.9. The molecule has 1 aromatic rings. The summed E-state index contributed by atoms with van der Waals surface area (Å²) < 4.78 is 0. The van der Waals surface area contributed by atoms with Gasteiger partial charge in [0.2, 0.25) is 0 Å². The summed E-state index contributed by atoms with van der Waals surface area (Å²) in [5.41, 5.74) is 7.92. The van der Waals surface area contributed by atoms with Gasteiger partial charge in [0.1, 0.15) is 0 Å². The van der Waals surface area contributed by atoms with Crippen molar-refractivity contribution in [2.45, 2.75) is 31.2 Å². The Hall–Kier alpha value is -1.39. The Bertz CT molecular complexity index is 454. The first-order valence-electron chi connectivity index (χ1n) is 6.05. The van der Waals surface area contributed by atoms with Gasteiger partial charge in [-0.3, -0.25) is 9.63 Å². The zero-order valence-electron chi connectivity index (χ0n) is 9.69. The van der Waals surface area contributed by atoms with Gasteiger partial charge in [-0.25, -0.2) is 0 Å². The van der Waals surface area contributed by atoms with Gasteiger partial charge in [0.25, 0.3) is 5.91 Å². The number of nitrogens with two attached hydrogens (primary N) is 1. The molecule has 1 saturated carbocycles. The number of carbonyl (C=O) groups is 1. The van der Waals surface area contributed by atoms with Crippen LogP contribution in [0.25, 0.3) is 0 Å². The highest BCUT2D eigenvalue weighted by Gasteiger charge is 2.38. The zero-order valence-corrected chi connectivity index (χ0v) is 9.69. The summed E-state index contributed by atoms with van der Waals surface area (Å²) in [5, 5.41) is 1.41. The molecule has 1 aliphatic heterocycles. The van der Waals surface area contributed by atoms with Crippen LogP contribution in [0.2, 0.25) is 0 Å². The predicted octanol–water partition coefficient (Wildman–Crippen LogP) is 1.69. The number of rotatable bonds is 2. The van der Waals surface area contributed by atoms with Gasteiger partial charge in [-0.1, -0.05) is 18.2 Å². The van der Waals surface area contributed by atoms with Gasteiger partial charge in [-0.2, -0.15) is 5.06 Å². The van der Waals surface area contributed by atoms with Crippen LogP contribution in [0.1, 0.15) is 31.2 Å². The van der Waals surface area contributed by atoms with Crippen molar-refractivity contribution in [2.24, 2.45) is 5.73 Å². The Kier molecular flexibility index (Phi) is 2.42. The summed E-state index contributed by atoms with van der Waals surface area (Å²) in [6.45, 7) is 0.463. The maximum atomic E-state index is 11.7. The Morgan fingerprint density at radius 1 is 1.29 bits per heavy atom. The van der Waals surface area contributed by atoms with Gasteiger partial charge in [-0.15, -0.1) is 0 Å². The van der Waals surface area contributed by atoms with Crippen molar-refractivity contribution < 1.29 is 9.63 Å². The lowest BCUT2D eigenvalue weighted by Gasteiger charge is -2.40. The largest absolute Gasteiger partial charge is 0.321 e. The number of hydroxylamine groups is 1. The number of amides is 1. The minimum Gasteiger partial charge on any atom is -0.321 e. The van der Waals surface area contributed by atoms with E-state index in [2.05, 4.69) is 0 Å². The van der Waals surface area contributed by atoms with E-state index in [4.69, 9.17) is 10.6 Å². The van der Waals surface area contributed by atoms with Gasteiger partial charge < -0.3 is 5.73 Å². The molecule has 2 aliphatic rings. The number of para-hydroxylation sites is 1. The molecular weight excluding hydrogens is 216 g/mol. The third-order valence-corrected chi connectivity index (χ3v) is 3.67. The van der Waals surface area contributed by atoms with Crippen LogP contribution < -0.4 is 10.8 Å². The van der Waals surface area contributed by atoms with Crippen molar-refractivity contribution in [3.8, 4) is 0 Å². The molecule has 0 bridgehead atoms. The first kappa shape index (κ1) is 10.7. The smallest absolute Gasteiger partial charge is 0.253 e. The van der Waals surface area contributed by atoms with E-state index in [9.17, 15) is 4.79 Å². The van der Waals surface area contributed by atoms with Crippen LogP contribution in [0.4, 0.5) is 5.69 Å². The molecule has 1 heterocycles. The average Bonchev–Trinajstić information content (AvgIpc) is 2.72. The number of hydrogen-bond acceptors (Lipinski definition) is 3. The van der Waals surface area contributed by atoms with E-state index in [0.717, 1.165) is 30.5 Å². The minimum atomic E-state index is -0.275. The molecule has 1 aliphatic carbocycles. The molecule has 4 heteroatoms. The van der Waals surface area contributed by atoms with E-state index in [0.29, 0.717) is 13.0 Å². The highest BCUT2D eigenvalue weighted by Crippen LogP contribution is 2.43. The molecule has 1 saturated heterocycles. The Labute approximate surface area is 100 Å². The third kappa shape index (κ3) is 1.64. The average molecular weight is 232 g/mol. The Morgan fingerprint density at radius 2 is 2.06 bits per heavy atom. The van der Waals surface area contributed by atoms with Gasteiger partial charge in [0.05, 0.1) is 18.7 Å². The van der Waals surface area contributed by atoms with E-state index < -0.39 is 0 Å². The summed E-state index contributed by atoms with van der Waals surface area (Å²) in [6.07, 6.45) is 3.56. The summed E-state index contributed by atoms with van der Waals surface area (Å²) in [5.74, 6) is 0.0142. The molecular formula is C13H16N2O2. The number of benzene rings is 1. The lowest BCUT2D eigenvalue weighted by Crippen LogP contribution is -2.44. The molecule has 1 amide bonds. The lowest BCUT2D eigenvalue weighted by atomic mass is 9.72. The van der Waals surface area contributed by atoms with Crippen molar-refractivity contribution in [3.05, 3.63) is 29.8 Å².